The highest BCUT2D eigenvalue weighted by Crippen LogP contribution is 2.74. The Bertz CT molecular complexity index is 2720. The zero-order valence-corrected chi connectivity index (χ0v) is 54.8. The molecule has 0 aromatic rings. The lowest BCUT2D eigenvalue weighted by Crippen LogP contribution is -2.68. The molecule has 7 heterocycles. The second-order valence-electron chi connectivity index (χ2n) is 29.2. The molecule has 11 fully saturated rings. The van der Waals surface area contributed by atoms with E-state index in [1.54, 1.807) is 6.92 Å². The summed E-state index contributed by atoms with van der Waals surface area (Å²) >= 11 is 0. The fourth-order valence-corrected chi connectivity index (χ4v) is 17.9. The lowest BCUT2D eigenvalue weighted by atomic mass is 9.41. The lowest BCUT2D eigenvalue weighted by Gasteiger charge is -2.64. The third-order valence-electron chi connectivity index (χ3n) is 23.4. The van der Waals surface area contributed by atoms with Crippen LogP contribution in [0.2, 0.25) is 0 Å². The average molecular weight is 1450 g/mol. The molecule has 1 spiro atoms. The number of carbonyl (C=O) groups is 1. The van der Waals surface area contributed by atoms with Gasteiger partial charge in [-0.15, -0.1) is 0 Å². The number of aliphatic hydroxyl groups is 23. The zero-order chi connectivity index (χ0) is 72.7. The Morgan fingerprint density at radius 1 is 0.380 bits per heavy atom. The van der Waals surface area contributed by atoms with Gasteiger partial charge in [0.2, 0.25) is 6.29 Å². The summed E-state index contributed by atoms with van der Waals surface area (Å²) < 4.78 is 84.4. The Balaban J connectivity index is 0.850. The summed E-state index contributed by atoms with van der Waals surface area (Å²) in [5, 5.41) is 249. The number of rotatable bonds is 21. The van der Waals surface area contributed by atoms with Crippen molar-refractivity contribution >= 4 is 5.97 Å². The molecule has 38 nitrogen and oxygen atoms in total. The molecule has 576 valence electrons. The average Bonchev–Trinajstić information content (AvgIpc) is 1.43. The normalized spacial score (nSPS) is 54.5. The minimum Gasteiger partial charge on any atom is -0.432 e. The van der Waals surface area contributed by atoms with Crippen LogP contribution in [0, 0.1) is 28.1 Å². The molecular weight excluding hydrogens is 1350 g/mol. The van der Waals surface area contributed by atoms with Crippen molar-refractivity contribution in [2.45, 2.75) is 292 Å². The van der Waals surface area contributed by atoms with Gasteiger partial charge in [0.15, 0.2) is 43.8 Å². The molecule has 11 aliphatic rings. The van der Waals surface area contributed by atoms with Crippen molar-refractivity contribution in [3.8, 4) is 0 Å². The monoisotopic (exact) mass is 1450 g/mol. The molecule has 2 bridgehead atoms. The number of hydrogen-bond acceptors (Lipinski definition) is 38. The van der Waals surface area contributed by atoms with Crippen LogP contribution >= 0.6 is 0 Å². The van der Waals surface area contributed by atoms with Gasteiger partial charge in [-0.1, -0.05) is 19.9 Å². The maximum atomic E-state index is 15.6. The van der Waals surface area contributed by atoms with Gasteiger partial charge in [-0.25, -0.2) is 0 Å². The van der Waals surface area contributed by atoms with E-state index in [1.165, 1.54) is 0 Å². The van der Waals surface area contributed by atoms with E-state index in [-0.39, 0.29) is 25.2 Å². The van der Waals surface area contributed by atoms with Crippen LogP contribution in [0.15, 0.2) is 12.2 Å². The summed E-state index contributed by atoms with van der Waals surface area (Å²) in [7, 11) is 0. The van der Waals surface area contributed by atoms with E-state index in [0.29, 0.717) is 44.1 Å². The maximum Gasteiger partial charge on any atom is 0.314 e. The Kier molecular flexibility index (Phi) is 24.6. The molecule has 0 radical (unpaired) electrons. The Morgan fingerprint density at radius 3 is 1.19 bits per heavy atom. The van der Waals surface area contributed by atoms with Crippen molar-refractivity contribution in [3.63, 3.8) is 0 Å². The van der Waals surface area contributed by atoms with Crippen LogP contribution in [-0.2, 0) is 71.1 Å². The summed E-state index contributed by atoms with van der Waals surface area (Å²) in [5.41, 5.74) is -3.43. The molecule has 0 aromatic carbocycles. The molecule has 38 heteroatoms. The van der Waals surface area contributed by atoms with Crippen LogP contribution in [-0.4, -0.2) is 390 Å². The molecule has 100 heavy (non-hydrogen) atoms. The number of carbonyl (C=O) groups excluding carboxylic acids is 1. The number of ether oxygens (including phenoxy) is 14. The van der Waals surface area contributed by atoms with E-state index in [0.717, 1.165) is 0 Å². The highest BCUT2D eigenvalue weighted by Gasteiger charge is 2.70. The lowest BCUT2D eigenvalue weighted by molar-refractivity contribution is -0.397. The van der Waals surface area contributed by atoms with Gasteiger partial charge in [0.05, 0.1) is 57.3 Å². The van der Waals surface area contributed by atoms with Crippen molar-refractivity contribution in [1.29, 1.82) is 0 Å². The first-order valence-corrected chi connectivity index (χ1v) is 33.9. The summed E-state index contributed by atoms with van der Waals surface area (Å²) in [6.07, 6.45) is -63.1. The summed E-state index contributed by atoms with van der Waals surface area (Å²) in [4.78, 5) is 15.6. The third-order valence-corrected chi connectivity index (χ3v) is 23.4. The molecule has 0 amide bonds. The topological polar surface area (TPSA) is 612 Å². The van der Waals surface area contributed by atoms with Crippen LogP contribution in [0.1, 0.15) is 71.6 Å². The minimum absolute atomic E-state index is 0.195. The van der Waals surface area contributed by atoms with Gasteiger partial charge < -0.3 is 184 Å². The van der Waals surface area contributed by atoms with Crippen molar-refractivity contribution in [2.75, 3.05) is 46.2 Å². The largest absolute Gasteiger partial charge is 0.432 e. The summed E-state index contributed by atoms with van der Waals surface area (Å²) in [6.45, 7) is 1.80. The molecular formula is C62H100O38. The Labute approximate surface area is 571 Å². The Hall–Kier alpha value is -2.23. The Morgan fingerprint density at radius 2 is 0.740 bits per heavy atom. The maximum absolute atomic E-state index is 15.6. The summed E-state index contributed by atoms with van der Waals surface area (Å²) in [6, 6.07) is 0. The molecule has 0 aromatic heterocycles. The molecule has 23 N–H and O–H groups in total. The standard InChI is InChI=1S/C62H100O38/c1-20-11-61-9-5-28-59(2,29(61)6-10-62(20,19-61)100-57-49(97-54-43(83)38(78)33(73)24(15-66)90-54)45(85)47(27(18-69)93-57)95-52-41(81)36(76)31(71)22(13-64)88-52)7-4-8-60(28,3)58(86)99-56-50(48(34(74)25(16-67)91-56)96-53-42(82)37(77)32(72)23(14-65)89-53)98-55-44(84)39(79)46(26(17-68)92-55)94-51-40(80)35(75)30(70)21(12-63)87-51/h21-57,63-85H,1,4-19H2,2-3H3/t21-,22-,23-,24-,25-,26-,27-,28+,29+,30-,31-,32-,33-,34-,35+,36+,37+,38+,39-,40-,41-,42-,43-,44-,45+,46-,47-,48+,49-,50-,51+,52+,53+,54+,55+,56+,57+,59-,60-,61-,62+/m1/s1. The third kappa shape index (κ3) is 14.0. The van der Waals surface area contributed by atoms with Gasteiger partial charge in [0.1, 0.15) is 165 Å². The van der Waals surface area contributed by atoms with Gasteiger partial charge in [-0.2, -0.15) is 0 Å². The van der Waals surface area contributed by atoms with Gasteiger partial charge in [-0.3, -0.25) is 4.79 Å². The first-order valence-electron chi connectivity index (χ1n) is 33.9. The van der Waals surface area contributed by atoms with Crippen molar-refractivity contribution in [2.24, 2.45) is 28.1 Å². The molecule has 11 rings (SSSR count). The zero-order valence-electron chi connectivity index (χ0n) is 54.8. The van der Waals surface area contributed by atoms with Crippen molar-refractivity contribution in [1.82, 2.24) is 0 Å². The van der Waals surface area contributed by atoms with Crippen LogP contribution in [0.4, 0.5) is 0 Å². The molecule has 4 aliphatic carbocycles. The fourth-order valence-electron chi connectivity index (χ4n) is 17.9. The number of fused-ring (bicyclic) bond motifs is 3. The molecule has 7 saturated heterocycles. The van der Waals surface area contributed by atoms with Crippen LogP contribution < -0.4 is 0 Å². The van der Waals surface area contributed by atoms with E-state index in [9.17, 15) is 117 Å². The molecule has 0 unspecified atom stereocenters. The predicted molar refractivity (Wildman–Crippen MR) is 317 cm³/mol. The summed E-state index contributed by atoms with van der Waals surface area (Å²) in [5.74, 6) is -1.59. The molecule has 7 aliphatic heterocycles. The fraction of sp³-hybridized carbons (Fsp3) is 0.952. The second kappa shape index (κ2) is 31.2. The number of aliphatic hydroxyl groups excluding tert-OH is 23. The van der Waals surface area contributed by atoms with Crippen molar-refractivity contribution in [3.05, 3.63) is 12.2 Å². The van der Waals surface area contributed by atoms with Gasteiger partial charge >= 0.3 is 5.97 Å². The second-order valence-corrected chi connectivity index (χ2v) is 29.2. The van der Waals surface area contributed by atoms with Crippen molar-refractivity contribution < 1.29 is 189 Å². The van der Waals surface area contributed by atoms with E-state index < -0.39 is 295 Å². The number of hydrogen-bond donors (Lipinski definition) is 23. The van der Waals surface area contributed by atoms with E-state index in [4.69, 9.17) is 66.3 Å². The first kappa shape index (κ1) is 78.8. The van der Waals surface area contributed by atoms with Gasteiger partial charge in [0, 0.05) is 0 Å². The quantitative estimate of drug-likeness (QED) is 0.0288. The van der Waals surface area contributed by atoms with E-state index >= 15 is 4.79 Å². The van der Waals surface area contributed by atoms with E-state index in [2.05, 4.69) is 13.5 Å². The minimum atomic E-state index is -2.27. The molecule has 41 atom stereocenters. The predicted octanol–water partition coefficient (Wildman–Crippen LogP) is -11.6. The smallest absolute Gasteiger partial charge is 0.314 e. The highest BCUT2D eigenvalue weighted by atomic mass is 16.8. The molecule has 4 saturated carbocycles. The van der Waals surface area contributed by atoms with Gasteiger partial charge in [0.25, 0.3) is 0 Å². The van der Waals surface area contributed by atoms with E-state index in [1.807, 2.05) is 0 Å². The van der Waals surface area contributed by atoms with Gasteiger partial charge in [-0.05, 0) is 86.5 Å². The SMILES string of the molecule is C=C1C[C@@]23CC[C@H]4[C@@](C)(CCC[C@@]4(C)C(=O)O[C@@H]4O[C@H](CO)[C@@H](O)[C@H](O[C@@H]5O[C@H](CO)[C@@H](O)[C@H](O)[C@H]5O)[C@H]4O[C@@H]4O[C@H](CO)[C@@H](O[C@@H]5O[C@H](CO)[C@@H](O)[C@H](O)[C@H]5O)[C@H](O)[C@H]4O)[C@@H]2CC[C@]1(O[C@@H]1O[C@H](CO)[C@@H](O[C@@H]2O[C@H](CO)[C@@H](O)[C@H](O)[C@H]2O)[C@H](O)[C@H]1O[C@@H]1O[C@H](CO)[C@@H](O)[C@H](O)[C@H]1O)C3. The van der Waals surface area contributed by atoms with Crippen LogP contribution in [0.3, 0.4) is 0 Å². The number of esters is 1. The van der Waals surface area contributed by atoms with Crippen LogP contribution in [0.5, 0.6) is 0 Å². The first-order chi connectivity index (χ1) is 47.3. The van der Waals surface area contributed by atoms with Crippen LogP contribution in [0.25, 0.3) is 0 Å². The highest BCUT2D eigenvalue weighted by molar-refractivity contribution is 5.77.